The SMILES string of the molecule is COc1ccc(-c2cc(=O)c3c(O)cc(OCc4ccccc4)cc3o2)cc1OCc1ccccc1. The largest absolute Gasteiger partial charge is 0.507 e. The molecule has 4 aromatic carbocycles. The first-order chi connectivity index (χ1) is 17.6. The molecule has 0 aliphatic heterocycles. The molecule has 1 heterocycles. The van der Waals surface area contributed by atoms with Crippen LogP contribution < -0.4 is 19.6 Å². The van der Waals surface area contributed by atoms with Crippen molar-refractivity contribution in [3.63, 3.8) is 0 Å². The summed E-state index contributed by atoms with van der Waals surface area (Å²) >= 11 is 0. The lowest BCUT2D eigenvalue weighted by atomic mass is 10.1. The maximum atomic E-state index is 12.9. The highest BCUT2D eigenvalue weighted by molar-refractivity contribution is 5.86. The predicted molar refractivity (Wildman–Crippen MR) is 138 cm³/mol. The van der Waals surface area contributed by atoms with E-state index < -0.39 is 0 Å². The highest BCUT2D eigenvalue weighted by Crippen LogP contribution is 2.35. The zero-order valence-electron chi connectivity index (χ0n) is 19.6. The van der Waals surface area contributed by atoms with Crippen LogP contribution in [0.25, 0.3) is 22.3 Å². The molecule has 1 N–H and O–H groups in total. The number of benzene rings is 4. The van der Waals surface area contributed by atoms with E-state index in [9.17, 15) is 9.90 Å². The molecule has 180 valence electrons. The van der Waals surface area contributed by atoms with Crippen molar-refractivity contribution in [2.45, 2.75) is 13.2 Å². The number of aromatic hydroxyl groups is 1. The number of phenolic OH excluding ortho intramolecular Hbond substituents is 1. The molecule has 0 amide bonds. The number of hydrogen-bond donors (Lipinski definition) is 1. The van der Waals surface area contributed by atoms with Crippen molar-refractivity contribution in [1.29, 1.82) is 0 Å². The summed E-state index contributed by atoms with van der Waals surface area (Å²) in [5, 5.41) is 10.6. The molecule has 0 saturated carbocycles. The van der Waals surface area contributed by atoms with Gasteiger partial charge in [0, 0.05) is 23.8 Å². The molecule has 0 aliphatic carbocycles. The molecule has 0 spiro atoms. The third-order valence-corrected chi connectivity index (χ3v) is 5.72. The monoisotopic (exact) mass is 480 g/mol. The second-order valence-corrected chi connectivity index (χ2v) is 8.20. The van der Waals surface area contributed by atoms with Gasteiger partial charge in [0.2, 0.25) is 0 Å². The Morgan fingerprint density at radius 2 is 1.42 bits per heavy atom. The van der Waals surface area contributed by atoms with Gasteiger partial charge in [0.05, 0.1) is 7.11 Å². The number of methoxy groups -OCH3 is 1. The van der Waals surface area contributed by atoms with Gasteiger partial charge in [0.15, 0.2) is 16.9 Å². The lowest BCUT2D eigenvalue weighted by Crippen LogP contribution is -2.02. The highest BCUT2D eigenvalue weighted by Gasteiger charge is 2.15. The normalized spacial score (nSPS) is 10.8. The van der Waals surface area contributed by atoms with E-state index in [2.05, 4.69) is 0 Å². The van der Waals surface area contributed by atoms with Gasteiger partial charge in [-0.1, -0.05) is 60.7 Å². The van der Waals surface area contributed by atoms with Crippen LogP contribution in [0.3, 0.4) is 0 Å². The van der Waals surface area contributed by atoms with Gasteiger partial charge in [-0.3, -0.25) is 4.79 Å². The first kappa shape index (κ1) is 23.1. The van der Waals surface area contributed by atoms with Gasteiger partial charge in [-0.2, -0.15) is 0 Å². The predicted octanol–water partition coefficient (Wildman–Crippen LogP) is 6.33. The summed E-state index contributed by atoms with van der Waals surface area (Å²) in [5.74, 6) is 1.61. The fourth-order valence-electron chi connectivity index (χ4n) is 3.89. The van der Waals surface area contributed by atoms with Gasteiger partial charge >= 0.3 is 0 Å². The molecule has 5 aromatic rings. The Balaban J connectivity index is 1.47. The van der Waals surface area contributed by atoms with Crippen LogP contribution in [0.2, 0.25) is 0 Å². The van der Waals surface area contributed by atoms with E-state index in [0.717, 1.165) is 11.1 Å². The second kappa shape index (κ2) is 10.3. The minimum absolute atomic E-state index is 0.0971. The lowest BCUT2D eigenvalue weighted by molar-refractivity contribution is 0.284. The van der Waals surface area contributed by atoms with Crippen LogP contribution in [0.15, 0.2) is 106 Å². The average Bonchev–Trinajstić information content (AvgIpc) is 2.91. The Kier molecular flexibility index (Phi) is 6.58. The van der Waals surface area contributed by atoms with Crippen LogP contribution in [0, 0.1) is 0 Å². The minimum atomic E-state index is -0.360. The average molecular weight is 481 g/mol. The van der Waals surface area contributed by atoms with E-state index in [0.29, 0.717) is 41.8 Å². The summed E-state index contributed by atoms with van der Waals surface area (Å²) in [6, 6.07) is 29.2. The quantitative estimate of drug-likeness (QED) is 0.280. The molecule has 6 heteroatoms. The number of ether oxygens (including phenoxy) is 3. The van der Waals surface area contributed by atoms with Crippen molar-refractivity contribution in [1.82, 2.24) is 0 Å². The fourth-order valence-corrected chi connectivity index (χ4v) is 3.89. The zero-order chi connectivity index (χ0) is 24.9. The topological polar surface area (TPSA) is 78.1 Å². The highest BCUT2D eigenvalue weighted by atomic mass is 16.5. The maximum Gasteiger partial charge on any atom is 0.197 e. The third-order valence-electron chi connectivity index (χ3n) is 5.72. The van der Waals surface area contributed by atoms with Crippen molar-refractivity contribution in [3.8, 4) is 34.3 Å². The van der Waals surface area contributed by atoms with E-state index in [4.69, 9.17) is 18.6 Å². The summed E-state index contributed by atoms with van der Waals surface area (Å²) in [6.07, 6.45) is 0. The van der Waals surface area contributed by atoms with Crippen LogP contribution >= 0.6 is 0 Å². The fraction of sp³-hybridized carbons (Fsp3) is 0.100. The van der Waals surface area contributed by atoms with Gasteiger partial charge in [0.1, 0.15) is 41.4 Å². The van der Waals surface area contributed by atoms with Crippen LogP contribution in [0.5, 0.6) is 23.0 Å². The first-order valence-electron chi connectivity index (χ1n) is 11.4. The molecule has 0 atom stereocenters. The molecular formula is C30H24O6. The molecule has 0 aliphatic rings. The standard InChI is InChI=1S/C30H24O6/c1-33-26-13-12-22(14-28(26)35-19-21-10-6-3-7-11-21)27-17-25(32)30-24(31)15-23(16-29(30)36-27)34-18-20-8-4-2-5-9-20/h2-17,31H,18-19H2,1H3. The minimum Gasteiger partial charge on any atom is -0.507 e. The summed E-state index contributed by atoms with van der Waals surface area (Å²) in [7, 11) is 1.57. The molecule has 36 heavy (non-hydrogen) atoms. The van der Waals surface area contributed by atoms with Crippen molar-refractivity contribution >= 4 is 11.0 Å². The van der Waals surface area contributed by atoms with E-state index in [1.165, 1.54) is 12.1 Å². The molecule has 0 radical (unpaired) electrons. The van der Waals surface area contributed by atoms with E-state index >= 15 is 0 Å². The van der Waals surface area contributed by atoms with E-state index in [1.807, 2.05) is 60.7 Å². The molecule has 1 aromatic heterocycles. The molecule has 0 fully saturated rings. The summed E-state index contributed by atoms with van der Waals surface area (Å²) in [4.78, 5) is 12.9. The van der Waals surface area contributed by atoms with Crippen molar-refractivity contribution in [3.05, 3.63) is 118 Å². The number of rotatable bonds is 8. The molecule has 0 bridgehead atoms. The van der Waals surface area contributed by atoms with Crippen LogP contribution in [0.4, 0.5) is 0 Å². The number of phenols is 1. The Morgan fingerprint density at radius 1 is 0.750 bits per heavy atom. The summed E-state index contributed by atoms with van der Waals surface area (Å²) in [5.41, 5.74) is 2.49. The van der Waals surface area contributed by atoms with Gasteiger partial charge in [-0.05, 0) is 29.3 Å². The van der Waals surface area contributed by atoms with Crippen LogP contribution in [0.1, 0.15) is 11.1 Å². The number of fused-ring (bicyclic) bond motifs is 1. The first-order valence-corrected chi connectivity index (χ1v) is 11.4. The summed E-state index contributed by atoms with van der Waals surface area (Å²) in [6.45, 7) is 0.675. The number of hydrogen-bond acceptors (Lipinski definition) is 6. The smallest absolute Gasteiger partial charge is 0.197 e. The van der Waals surface area contributed by atoms with Crippen molar-refractivity contribution in [2.24, 2.45) is 0 Å². The van der Waals surface area contributed by atoms with E-state index in [1.54, 1.807) is 31.4 Å². The Morgan fingerprint density at radius 3 is 2.08 bits per heavy atom. The van der Waals surface area contributed by atoms with Crippen LogP contribution in [-0.2, 0) is 13.2 Å². The van der Waals surface area contributed by atoms with Gasteiger partial charge < -0.3 is 23.7 Å². The Bertz CT molecular complexity index is 1540. The molecule has 0 unspecified atom stereocenters. The molecule has 6 nitrogen and oxygen atoms in total. The third kappa shape index (κ3) is 5.03. The Hall–Kier alpha value is -4.71. The molecule has 5 rings (SSSR count). The van der Waals surface area contributed by atoms with Gasteiger partial charge in [-0.25, -0.2) is 0 Å². The Labute approximate surface area is 207 Å². The van der Waals surface area contributed by atoms with E-state index in [-0.39, 0.29) is 22.1 Å². The second-order valence-electron chi connectivity index (χ2n) is 8.20. The van der Waals surface area contributed by atoms with Crippen LogP contribution in [-0.4, -0.2) is 12.2 Å². The maximum absolute atomic E-state index is 12.9. The van der Waals surface area contributed by atoms with Crippen molar-refractivity contribution in [2.75, 3.05) is 7.11 Å². The van der Waals surface area contributed by atoms with Crippen molar-refractivity contribution < 1.29 is 23.7 Å². The molecular weight excluding hydrogens is 456 g/mol. The van der Waals surface area contributed by atoms with Gasteiger partial charge in [0.25, 0.3) is 0 Å². The zero-order valence-corrected chi connectivity index (χ0v) is 19.6. The molecule has 0 saturated heterocycles. The van der Waals surface area contributed by atoms with Gasteiger partial charge in [-0.15, -0.1) is 0 Å². The summed E-state index contributed by atoms with van der Waals surface area (Å²) < 4.78 is 23.3. The lowest BCUT2D eigenvalue weighted by Gasteiger charge is -2.13.